The molecule has 0 saturated heterocycles. The van der Waals surface area contributed by atoms with Gasteiger partial charge in [0, 0.05) is 16.5 Å². The zero-order chi connectivity index (χ0) is 9.68. The van der Waals surface area contributed by atoms with Crippen LogP contribution in [0.2, 0.25) is 0 Å². The van der Waals surface area contributed by atoms with E-state index in [1.165, 1.54) is 32.1 Å². The van der Waals surface area contributed by atoms with Crippen molar-refractivity contribution in [3.05, 3.63) is 0 Å². The Morgan fingerprint density at radius 1 is 1.46 bits per heavy atom. The highest BCUT2D eigenvalue weighted by atomic mass is 32.2. The van der Waals surface area contributed by atoms with Crippen LogP contribution in [0.1, 0.15) is 46.0 Å². The molecule has 78 valence electrons. The monoisotopic (exact) mass is 201 g/mol. The highest BCUT2D eigenvalue weighted by molar-refractivity contribution is 8.00. The lowest BCUT2D eigenvalue weighted by Gasteiger charge is -2.30. The Hall–Kier alpha value is 0.310. The maximum atomic E-state index is 3.41. The average Bonchev–Trinajstić information content (AvgIpc) is 2.18. The molecule has 0 bridgehead atoms. The van der Waals surface area contributed by atoms with Crippen molar-refractivity contribution in [1.82, 2.24) is 5.32 Å². The van der Waals surface area contributed by atoms with Gasteiger partial charge in [0.25, 0.3) is 0 Å². The molecule has 0 heterocycles. The highest BCUT2D eigenvalue weighted by Gasteiger charge is 2.22. The van der Waals surface area contributed by atoms with Gasteiger partial charge in [-0.3, -0.25) is 0 Å². The molecule has 0 aromatic heterocycles. The number of rotatable bonds is 4. The van der Waals surface area contributed by atoms with Crippen LogP contribution >= 0.6 is 11.8 Å². The summed E-state index contributed by atoms with van der Waals surface area (Å²) in [4.78, 5) is 0. The lowest BCUT2D eigenvalue weighted by atomic mass is 9.95. The van der Waals surface area contributed by atoms with E-state index in [2.05, 4.69) is 38.0 Å². The van der Waals surface area contributed by atoms with Gasteiger partial charge in [0.05, 0.1) is 0 Å². The van der Waals surface area contributed by atoms with E-state index in [0.29, 0.717) is 0 Å². The van der Waals surface area contributed by atoms with Gasteiger partial charge in [0.1, 0.15) is 0 Å². The van der Waals surface area contributed by atoms with E-state index in [0.717, 1.165) is 16.5 Å². The Bertz CT molecular complexity index is 136. The van der Waals surface area contributed by atoms with Crippen molar-refractivity contribution < 1.29 is 0 Å². The van der Waals surface area contributed by atoms with Gasteiger partial charge in [0.2, 0.25) is 0 Å². The SMILES string of the molecule is CCC(C)SC1CCCC(NC)C1. The van der Waals surface area contributed by atoms with Crippen molar-refractivity contribution in [1.29, 1.82) is 0 Å². The summed E-state index contributed by atoms with van der Waals surface area (Å²) in [5.41, 5.74) is 0. The van der Waals surface area contributed by atoms with Crippen molar-refractivity contribution in [3.8, 4) is 0 Å². The summed E-state index contributed by atoms with van der Waals surface area (Å²) in [6.45, 7) is 4.64. The summed E-state index contributed by atoms with van der Waals surface area (Å²) in [7, 11) is 2.10. The van der Waals surface area contributed by atoms with Crippen molar-refractivity contribution >= 4 is 11.8 Å². The van der Waals surface area contributed by atoms with Gasteiger partial charge in [-0.25, -0.2) is 0 Å². The van der Waals surface area contributed by atoms with Gasteiger partial charge in [-0.2, -0.15) is 11.8 Å². The summed E-state index contributed by atoms with van der Waals surface area (Å²) in [6, 6.07) is 0.787. The zero-order valence-electron chi connectivity index (χ0n) is 9.18. The maximum Gasteiger partial charge on any atom is 0.00746 e. The molecular formula is C11H23NS. The first kappa shape index (κ1) is 11.4. The molecule has 0 amide bonds. The van der Waals surface area contributed by atoms with E-state index in [1.54, 1.807) is 0 Å². The van der Waals surface area contributed by atoms with Gasteiger partial charge in [-0.1, -0.05) is 20.3 Å². The minimum Gasteiger partial charge on any atom is -0.317 e. The van der Waals surface area contributed by atoms with Crippen molar-refractivity contribution in [2.45, 2.75) is 62.5 Å². The second kappa shape index (κ2) is 5.92. The predicted octanol–water partition coefficient (Wildman–Crippen LogP) is 3.05. The van der Waals surface area contributed by atoms with Crippen molar-refractivity contribution in [3.63, 3.8) is 0 Å². The lowest BCUT2D eigenvalue weighted by Crippen LogP contribution is -2.32. The summed E-state index contributed by atoms with van der Waals surface area (Å²) in [5.74, 6) is 0. The predicted molar refractivity (Wildman–Crippen MR) is 62.4 cm³/mol. The van der Waals surface area contributed by atoms with Gasteiger partial charge in [0.15, 0.2) is 0 Å². The van der Waals surface area contributed by atoms with E-state index in [9.17, 15) is 0 Å². The fourth-order valence-electron chi connectivity index (χ4n) is 1.96. The fourth-order valence-corrected chi connectivity index (χ4v) is 3.45. The van der Waals surface area contributed by atoms with E-state index >= 15 is 0 Å². The van der Waals surface area contributed by atoms with Crippen LogP contribution in [-0.4, -0.2) is 23.6 Å². The van der Waals surface area contributed by atoms with E-state index in [-0.39, 0.29) is 0 Å². The largest absolute Gasteiger partial charge is 0.317 e. The normalized spacial score (nSPS) is 31.6. The van der Waals surface area contributed by atoms with E-state index in [1.807, 2.05) is 0 Å². The molecule has 1 rings (SSSR count). The van der Waals surface area contributed by atoms with Crippen LogP contribution in [0.5, 0.6) is 0 Å². The molecule has 0 aliphatic heterocycles. The molecule has 1 N–H and O–H groups in total. The summed E-state index contributed by atoms with van der Waals surface area (Å²) >= 11 is 2.20. The van der Waals surface area contributed by atoms with Crippen LogP contribution in [0.3, 0.4) is 0 Å². The first-order valence-electron chi connectivity index (χ1n) is 5.59. The first-order valence-corrected chi connectivity index (χ1v) is 6.53. The second-order valence-corrected chi connectivity index (χ2v) is 5.87. The summed E-state index contributed by atoms with van der Waals surface area (Å²) in [5, 5.41) is 5.18. The number of hydrogen-bond acceptors (Lipinski definition) is 2. The van der Waals surface area contributed by atoms with Crippen LogP contribution in [0.4, 0.5) is 0 Å². The Balaban J connectivity index is 2.25. The molecule has 1 nitrogen and oxygen atoms in total. The smallest absolute Gasteiger partial charge is 0.00746 e. The Morgan fingerprint density at radius 3 is 2.85 bits per heavy atom. The maximum absolute atomic E-state index is 3.41. The summed E-state index contributed by atoms with van der Waals surface area (Å²) in [6.07, 6.45) is 6.93. The number of thioether (sulfide) groups is 1. The topological polar surface area (TPSA) is 12.0 Å². The lowest BCUT2D eigenvalue weighted by molar-refractivity contribution is 0.402. The third-order valence-electron chi connectivity index (χ3n) is 3.03. The van der Waals surface area contributed by atoms with Gasteiger partial charge >= 0.3 is 0 Å². The fraction of sp³-hybridized carbons (Fsp3) is 1.00. The molecule has 13 heavy (non-hydrogen) atoms. The number of hydrogen-bond donors (Lipinski definition) is 1. The third-order valence-corrected chi connectivity index (χ3v) is 4.65. The van der Waals surface area contributed by atoms with Crippen molar-refractivity contribution in [2.24, 2.45) is 0 Å². The molecular weight excluding hydrogens is 178 g/mol. The van der Waals surface area contributed by atoms with Crippen molar-refractivity contribution in [2.75, 3.05) is 7.05 Å². The molecule has 0 spiro atoms. The van der Waals surface area contributed by atoms with Crippen LogP contribution in [0.15, 0.2) is 0 Å². The van der Waals surface area contributed by atoms with Crippen LogP contribution in [-0.2, 0) is 0 Å². The average molecular weight is 201 g/mol. The molecule has 0 aromatic carbocycles. The first-order chi connectivity index (χ1) is 6.26. The molecule has 1 aliphatic rings. The minimum absolute atomic E-state index is 0.787. The molecule has 2 heteroatoms. The van der Waals surface area contributed by atoms with Crippen LogP contribution in [0.25, 0.3) is 0 Å². The van der Waals surface area contributed by atoms with Crippen LogP contribution < -0.4 is 5.32 Å². The van der Waals surface area contributed by atoms with Crippen LogP contribution in [0, 0.1) is 0 Å². The van der Waals surface area contributed by atoms with Gasteiger partial charge in [-0.05, 0) is 32.7 Å². The molecule has 3 atom stereocenters. The Labute approximate surface area is 87.1 Å². The molecule has 1 fully saturated rings. The minimum atomic E-state index is 0.787. The molecule has 0 radical (unpaired) electrons. The van der Waals surface area contributed by atoms with Gasteiger partial charge < -0.3 is 5.32 Å². The Morgan fingerprint density at radius 2 is 2.23 bits per heavy atom. The number of nitrogens with one attached hydrogen (secondary N) is 1. The zero-order valence-corrected chi connectivity index (χ0v) is 9.99. The quantitative estimate of drug-likeness (QED) is 0.750. The molecule has 1 saturated carbocycles. The summed E-state index contributed by atoms with van der Waals surface area (Å²) < 4.78 is 0. The van der Waals surface area contributed by atoms with E-state index < -0.39 is 0 Å². The Kier molecular flexibility index (Phi) is 5.18. The molecule has 0 aromatic rings. The van der Waals surface area contributed by atoms with E-state index in [4.69, 9.17) is 0 Å². The van der Waals surface area contributed by atoms with Gasteiger partial charge in [-0.15, -0.1) is 0 Å². The standard InChI is InChI=1S/C11H23NS/c1-4-9(2)13-11-7-5-6-10(8-11)12-3/h9-12H,4-8H2,1-3H3. The molecule has 1 aliphatic carbocycles. The molecule has 3 unspecified atom stereocenters. The second-order valence-electron chi connectivity index (χ2n) is 4.13. The highest BCUT2D eigenvalue weighted by Crippen LogP contribution is 2.31. The third kappa shape index (κ3) is 3.90.